The maximum atomic E-state index is 12.4. The SMILES string of the molecule is CCn1c(SCC(=O)Nc2ccccc2OC)nnc1-c1nc(-c2ccc(OC)cc2)no1. The fourth-order valence-electron chi connectivity index (χ4n) is 3.07. The number of nitrogens with zero attached hydrogens (tertiary/aromatic N) is 5. The van der Waals surface area contributed by atoms with Crippen molar-refractivity contribution in [3.63, 3.8) is 0 Å². The second-order valence-electron chi connectivity index (χ2n) is 6.74. The Labute approximate surface area is 194 Å². The molecule has 0 atom stereocenters. The molecule has 1 amide bonds. The van der Waals surface area contributed by atoms with Crippen LogP contribution >= 0.6 is 11.8 Å². The lowest BCUT2D eigenvalue weighted by Gasteiger charge is -2.09. The molecular formula is C22H22N6O4S. The van der Waals surface area contributed by atoms with E-state index >= 15 is 0 Å². The molecule has 0 saturated carbocycles. The molecule has 0 saturated heterocycles. The lowest BCUT2D eigenvalue weighted by Crippen LogP contribution is -2.15. The summed E-state index contributed by atoms with van der Waals surface area (Å²) < 4.78 is 17.7. The summed E-state index contributed by atoms with van der Waals surface area (Å²) in [6.45, 7) is 2.52. The summed E-state index contributed by atoms with van der Waals surface area (Å²) in [5.41, 5.74) is 1.40. The Kier molecular flexibility index (Phi) is 6.89. The first kappa shape index (κ1) is 22.3. The Bertz CT molecular complexity index is 1240. The minimum absolute atomic E-state index is 0.150. The molecule has 33 heavy (non-hydrogen) atoms. The van der Waals surface area contributed by atoms with E-state index in [0.717, 1.165) is 11.3 Å². The smallest absolute Gasteiger partial charge is 0.296 e. The normalized spacial score (nSPS) is 10.8. The number of amides is 1. The van der Waals surface area contributed by atoms with Crippen molar-refractivity contribution in [3.8, 4) is 34.6 Å². The number of carbonyl (C=O) groups is 1. The van der Waals surface area contributed by atoms with Gasteiger partial charge in [0.15, 0.2) is 5.16 Å². The number of hydrogen-bond acceptors (Lipinski definition) is 9. The summed E-state index contributed by atoms with van der Waals surface area (Å²) in [5, 5.41) is 15.9. The van der Waals surface area contributed by atoms with Crippen LogP contribution < -0.4 is 14.8 Å². The van der Waals surface area contributed by atoms with E-state index in [1.54, 1.807) is 26.4 Å². The first-order valence-electron chi connectivity index (χ1n) is 10.1. The lowest BCUT2D eigenvalue weighted by molar-refractivity contribution is -0.113. The predicted molar refractivity (Wildman–Crippen MR) is 123 cm³/mol. The number of rotatable bonds is 9. The fraction of sp³-hybridized carbons (Fsp3) is 0.227. The van der Waals surface area contributed by atoms with Crippen molar-refractivity contribution in [1.82, 2.24) is 24.9 Å². The van der Waals surface area contributed by atoms with Crippen LogP contribution in [0.15, 0.2) is 58.2 Å². The number of para-hydroxylation sites is 2. The van der Waals surface area contributed by atoms with Gasteiger partial charge in [0.25, 0.3) is 5.89 Å². The highest BCUT2D eigenvalue weighted by atomic mass is 32.2. The second-order valence-corrected chi connectivity index (χ2v) is 7.68. The van der Waals surface area contributed by atoms with Gasteiger partial charge in [-0.2, -0.15) is 4.98 Å². The van der Waals surface area contributed by atoms with Gasteiger partial charge >= 0.3 is 0 Å². The van der Waals surface area contributed by atoms with Crippen LogP contribution in [0.3, 0.4) is 0 Å². The Morgan fingerprint density at radius 3 is 2.61 bits per heavy atom. The third-order valence-electron chi connectivity index (χ3n) is 4.71. The molecule has 0 bridgehead atoms. The molecule has 170 valence electrons. The molecule has 0 aliphatic carbocycles. The highest BCUT2D eigenvalue weighted by molar-refractivity contribution is 7.99. The van der Waals surface area contributed by atoms with Crippen LogP contribution in [-0.2, 0) is 11.3 Å². The van der Waals surface area contributed by atoms with Gasteiger partial charge < -0.3 is 19.3 Å². The molecule has 0 fully saturated rings. The number of ether oxygens (including phenoxy) is 2. The Morgan fingerprint density at radius 2 is 1.88 bits per heavy atom. The molecular weight excluding hydrogens is 444 g/mol. The Morgan fingerprint density at radius 1 is 1.09 bits per heavy atom. The molecule has 0 spiro atoms. The molecule has 0 radical (unpaired) electrons. The monoisotopic (exact) mass is 466 g/mol. The second kappa shape index (κ2) is 10.2. The molecule has 10 nitrogen and oxygen atoms in total. The van der Waals surface area contributed by atoms with Gasteiger partial charge in [-0.05, 0) is 43.3 Å². The highest BCUT2D eigenvalue weighted by Gasteiger charge is 2.20. The van der Waals surface area contributed by atoms with Crippen molar-refractivity contribution in [2.45, 2.75) is 18.6 Å². The molecule has 4 aromatic rings. The van der Waals surface area contributed by atoms with Crippen LogP contribution in [0.5, 0.6) is 11.5 Å². The quantitative estimate of drug-likeness (QED) is 0.368. The molecule has 0 unspecified atom stereocenters. The fourth-order valence-corrected chi connectivity index (χ4v) is 3.88. The van der Waals surface area contributed by atoms with Gasteiger partial charge in [0.2, 0.25) is 17.6 Å². The highest BCUT2D eigenvalue weighted by Crippen LogP contribution is 2.27. The van der Waals surface area contributed by atoms with Gasteiger partial charge in [0.1, 0.15) is 11.5 Å². The summed E-state index contributed by atoms with van der Waals surface area (Å²) in [5.74, 6) is 2.43. The van der Waals surface area contributed by atoms with Gasteiger partial charge in [0, 0.05) is 12.1 Å². The predicted octanol–water partition coefficient (Wildman–Crippen LogP) is 3.76. The summed E-state index contributed by atoms with van der Waals surface area (Å²) in [6, 6.07) is 14.6. The van der Waals surface area contributed by atoms with Crippen molar-refractivity contribution < 1.29 is 18.8 Å². The van der Waals surface area contributed by atoms with Gasteiger partial charge in [-0.25, -0.2) is 0 Å². The van der Waals surface area contributed by atoms with Crippen LogP contribution in [0.25, 0.3) is 23.1 Å². The van der Waals surface area contributed by atoms with Crippen molar-refractivity contribution in [2.24, 2.45) is 0 Å². The summed E-state index contributed by atoms with van der Waals surface area (Å²) in [6.07, 6.45) is 0. The first-order chi connectivity index (χ1) is 16.1. The van der Waals surface area contributed by atoms with E-state index < -0.39 is 0 Å². The Balaban J connectivity index is 1.46. The number of benzene rings is 2. The number of nitrogens with one attached hydrogen (secondary N) is 1. The van der Waals surface area contributed by atoms with Gasteiger partial charge in [-0.15, -0.1) is 10.2 Å². The van der Waals surface area contributed by atoms with Crippen LogP contribution in [0, 0.1) is 0 Å². The van der Waals surface area contributed by atoms with E-state index in [-0.39, 0.29) is 17.6 Å². The average Bonchev–Trinajstić information content (AvgIpc) is 3.50. The van der Waals surface area contributed by atoms with Crippen LogP contribution in [0.1, 0.15) is 6.92 Å². The standard InChI is InChI=1S/C22H22N6O4S/c1-4-28-20(21-24-19(27-32-21)14-9-11-15(30-2)12-10-14)25-26-22(28)33-13-18(29)23-16-7-5-6-8-17(16)31-3/h5-12H,4,13H2,1-3H3,(H,23,29). The Hall–Kier alpha value is -3.86. The number of thioether (sulfide) groups is 1. The van der Waals surface area contributed by atoms with Gasteiger partial charge in [0.05, 0.1) is 25.7 Å². The summed E-state index contributed by atoms with van der Waals surface area (Å²) in [7, 11) is 3.17. The molecule has 2 aromatic carbocycles. The third kappa shape index (κ3) is 4.98. The molecule has 1 N–H and O–H groups in total. The molecule has 0 aliphatic rings. The van der Waals surface area contributed by atoms with Crippen molar-refractivity contribution in [3.05, 3.63) is 48.5 Å². The van der Waals surface area contributed by atoms with E-state index in [1.165, 1.54) is 11.8 Å². The number of anilines is 1. The molecule has 0 aliphatic heterocycles. The van der Waals surface area contributed by atoms with E-state index in [0.29, 0.717) is 34.8 Å². The van der Waals surface area contributed by atoms with E-state index in [1.807, 2.05) is 47.9 Å². The minimum atomic E-state index is -0.184. The third-order valence-corrected chi connectivity index (χ3v) is 5.68. The molecule has 11 heteroatoms. The largest absolute Gasteiger partial charge is 0.497 e. The van der Waals surface area contributed by atoms with Gasteiger partial charge in [-0.3, -0.25) is 9.36 Å². The number of carbonyl (C=O) groups excluding carboxylic acids is 1. The zero-order chi connectivity index (χ0) is 23.2. The van der Waals surface area contributed by atoms with Crippen LogP contribution in [-0.4, -0.2) is 50.8 Å². The number of aromatic nitrogens is 5. The molecule has 4 rings (SSSR count). The lowest BCUT2D eigenvalue weighted by atomic mass is 10.2. The molecule has 2 heterocycles. The summed E-state index contributed by atoms with van der Waals surface area (Å²) in [4.78, 5) is 16.9. The topological polar surface area (TPSA) is 117 Å². The van der Waals surface area contributed by atoms with Gasteiger partial charge in [-0.1, -0.05) is 29.1 Å². The maximum absolute atomic E-state index is 12.4. The van der Waals surface area contributed by atoms with Crippen molar-refractivity contribution in [1.29, 1.82) is 0 Å². The first-order valence-corrected chi connectivity index (χ1v) is 11.1. The van der Waals surface area contributed by atoms with Crippen LogP contribution in [0.4, 0.5) is 5.69 Å². The summed E-state index contributed by atoms with van der Waals surface area (Å²) >= 11 is 1.27. The van der Waals surface area contributed by atoms with E-state index in [4.69, 9.17) is 14.0 Å². The van der Waals surface area contributed by atoms with E-state index in [2.05, 4.69) is 25.7 Å². The zero-order valence-electron chi connectivity index (χ0n) is 18.3. The minimum Gasteiger partial charge on any atom is -0.497 e. The number of hydrogen-bond donors (Lipinski definition) is 1. The zero-order valence-corrected chi connectivity index (χ0v) is 19.1. The number of methoxy groups -OCH3 is 2. The maximum Gasteiger partial charge on any atom is 0.296 e. The average molecular weight is 467 g/mol. The van der Waals surface area contributed by atoms with E-state index in [9.17, 15) is 4.79 Å². The van der Waals surface area contributed by atoms with Crippen molar-refractivity contribution in [2.75, 3.05) is 25.3 Å². The van der Waals surface area contributed by atoms with Crippen LogP contribution in [0.2, 0.25) is 0 Å². The molecule has 2 aromatic heterocycles. The van der Waals surface area contributed by atoms with Crippen molar-refractivity contribution >= 4 is 23.4 Å².